The zero-order chi connectivity index (χ0) is 13.1. The van der Waals surface area contributed by atoms with Crippen LogP contribution < -0.4 is 10.0 Å². The third-order valence-corrected chi connectivity index (χ3v) is 5.71. The monoisotopic (exact) mass is 296 g/mol. The Morgan fingerprint density at radius 3 is 2.53 bits per heavy atom. The van der Waals surface area contributed by atoms with E-state index < -0.39 is 15.3 Å². The van der Waals surface area contributed by atoms with Gasteiger partial charge in [-0.1, -0.05) is 11.6 Å². The molecule has 0 bridgehead atoms. The van der Waals surface area contributed by atoms with Gasteiger partial charge < -0.3 is 5.32 Å². The average molecular weight is 297 g/mol. The molecule has 1 aromatic heterocycles. The van der Waals surface area contributed by atoms with Crippen molar-refractivity contribution in [1.29, 1.82) is 0 Å². The van der Waals surface area contributed by atoms with Crippen LogP contribution in [0.5, 0.6) is 0 Å². The molecule has 2 unspecified atom stereocenters. The SMILES string of the molecule is CNCC(C)S(=O)(=O)NC(C)c1ccc(Cl)s1. The molecule has 2 atom stereocenters. The third kappa shape index (κ3) is 4.22. The van der Waals surface area contributed by atoms with Crippen molar-refractivity contribution in [2.75, 3.05) is 13.6 Å². The van der Waals surface area contributed by atoms with Gasteiger partial charge in [0.1, 0.15) is 0 Å². The van der Waals surface area contributed by atoms with Crippen LogP contribution in [0.4, 0.5) is 0 Å². The average Bonchev–Trinajstić information content (AvgIpc) is 2.64. The zero-order valence-corrected chi connectivity index (χ0v) is 12.4. The van der Waals surface area contributed by atoms with Crippen LogP contribution in [-0.2, 0) is 10.0 Å². The molecule has 1 heterocycles. The van der Waals surface area contributed by atoms with Crippen molar-refractivity contribution < 1.29 is 8.42 Å². The fraction of sp³-hybridized carbons (Fsp3) is 0.600. The van der Waals surface area contributed by atoms with Gasteiger partial charge in [-0.05, 0) is 33.0 Å². The molecule has 0 aromatic carbocycles. The molecule has 0 spiro atoms. The lowest BCUT2D eigenvalue weighted by molar-refractivity contribution is 0.551. The van der Waals surface area contributed by atoms with Gasteiger partial charge in [0.25, 0.3) is 0 Å². The van der Waals surface area contributed by atoms with E-state index in [0.29, 0.717) is 10.9 Å². The van der Waals surface area contributed by atoms with Gasteiger partial charge in [-0.25, -0.2) is 13.1 Å². The molecule has 1 rings (SSSR count). The molecule has 98 valence electrons. The van der Waals surface area contributed by atoms with E-state index in [1.807, 2.05) is 13.0 Å². The summed E-state index contributed by atoms with van der Waals surface area (Å²) in [4.78, 5) is 0.912. The van der Waals surface area contributed by atoms with E-state index >= 15 is 0 Å². The minimum atomic E-state index is -3.31. The Morgan fingerprint density at radius 1 is 1.41 bits per heavy atom. The van der Waals surface area contributed by atoms with Crippen LogP contribution >= 0.6 is 22.9 Å². The van der Waals surface area contributed by atoms with E-state index in [2.05, 4.69) is 10.0 Å². The van der Waals surface area contributed by atoms with Gasteiger partial charge in [0.15, 0.2) is 0 Å². The van der Waals surface area contributed by atoms with E-state index in [-0.39, 0.29) is 6.04 Å². The van der Waals surface area contributed by atoms with Crippen LogP contribution in [0.3, 0.4) is 0 Å². The van der Waals surface area contributed by atoms with Crippen molar-refractivity contribution in [2.24, 2.45) is 0 Å². The van der Waals surface area contributed by atoms with Crippen LogP contribution in [0.15, 0.2) is 12.1 Å². The first-order valence-corrected chi connectivity index (χ1v) is 8.02. The van der Waals surface area contributed by atoms with E-state index in [1.54, 1.807) is 20.0 Å². The lowest BCUT2D eigenvalue weighted by Crippen LogP contribution is -2.39. The van der Waals surface area contributed by atoms with Crippen molar-refractivity contribution in [3.8, 4) is 0 Å². The number of thiophene rings is 1. The van der Waals surface area contributed by atoms with Gasteiger partial charge in [-0.3, -0.25) is 0 Å². The normalized spacial score (nSPS) is 15.8. The van der Waals surface area contributed by atoms with Gasteiger partial charge in [0.05, 0.1) is 15.6 Å². The summed E-state index contributed by atoms with van der Waals surface area (Å²) in [5.74, 6) is 0. The maximum absolute atomic E-state index is 11.9. The smallest absolute Gasteiger partial charge is 0.216 e. The number of rotatable bonds is 6. The van der Waals surface area contributed by atoms with Crippen molar-refractivity contribution in [1.82, 2.24) is 10.0 Å². The lowest BCUT2D eigenvalue weighted by Gasteiger charge is -2.17. The first kappa shape index (κ1) is 14.9. The molecule has 0 radical (unpaired) electrons. The molecule has 0 saturated heterocycles. The predicted molar refractivity (Wildman–Crippen MR) is 73.2 cm³/mol. The van der Waals surface area contributed by atoms with Crippen LogP contribution in [0.25, 0.3) is 0 Å². The van der Waals surface area contributed by atoms with Crippen molar-refractivity contribution in [2.45, 2.75) is 25.1 Å². The number of hydrogen-bond donors (Lipinski definition) is 2. The second-order valence-corrected chi connectivity index (χ2v) is 7.77. The Balaban J connectivity index is 2.71. The number of nitrogens with one attached hydrogen (secondary N) is 2. The molecule has 17 heavy (non-hydrogen) atoms. The molecule has 0 saturated carbocycles. The zero-order valence-electron chi connectivity index (χ0n) is 10.0. The van der Waals surface area contributed by atoms with Gasteiger partial charge in [0, 0.05) is 11.4 Å². The van der Waals surface area contributed by atoms with Crippen LogP contribution in [0.1, 0.15) is 24.8 Å². The molecule has 4 nitrogen and oxygen atoms in total. The van der Waals surface area contributed by atoms with Crippen molar-refractivity contribution in [3.63, 3.8) is 0 Å². The van der Waals surface area contributed by atoms with Crippen LogP contribution in [0, 0.1) is 0 Å². The van der Waals surface area contributed by atoms with Gasteiger partial charge in [-0.15, -0.1) is 11.3 Å². The van der Waals surface area contributed by atoms with Gasteiger partial charge in [0.2, 0.25) is 10.0 Å². The van der Waals surface area contributed by atoms with Gasteiger partial charge >= 0.3 is 0 Å². The van der Waals surface area contributed by atoms with E-state index in [1.165, 1.54) is 11.3 Å². The molecule has 1 aromatic rings. The Hall–Kier alpha value is -0.140. The Labute approximate surface area is 111 Å². The molecule has 0 aliphatic carbocycles. The number of hydrogen-bond acceptors (Lipinski definition) is 4. The van der Waals surface area contributed by atoms with Crippen molar-refractivity contribution >= 4 is 33.0 Å². The van der Waals surface area contributed by atoms with E-state index in [4.69, 9.17) is 11.6 Å². The summed E-state index contributed by atoms with van der Waals surface area (Å²) in [5, 5.41) is 2.39. The Bertz CT molecular complexity index is 459. The number of sulfonamides is 1. The fourth-order valence-corrected chi connectivity index (χ4v) is 3.75. The lowest BCUT2D eigenvalue weighted by atomic mass is 10.3. The summed E-state index contributed by atoms with van der Waals surface area (Å²) in [5.41, 5.74) is 0. The maximum atomic E-state index is 11.9. The summed E-state index contributed by atoms with van der Waals surface area (Å²) in [6.07, 6.45) is 0. The largest absolute Gasteiger partial charge is 0.318 e. The molecular weight excluding hydrogens is 280 g/mol. The first-order valence-electron chi connectivity index (χ1n) is 5.27. The Morgan fingerprint density at radius 2 is 2.06 bits per heavy atom. The molecule has 2 N–H and O–H groups in total. The minimum Gasteiger partial charge on any atom is -0.318 e. The van der Waals surface area contributed by atoms with Crippen LogP contribution in [-0.4, -0.2) is 27.3 Å². The molecule has 0 aliphatic heterocycles. The summed E-state index contributed by atoms with van der Waals surface area (Å²) in [7, 11) is -1.58. The maximum Gasteiger partial charge on any atom is 0.216 e. The molecular formula is C10H17ClN2O2S2. The highest BCUT2D eigenvalue weighted by Gasteiger charge is 2.23. The number of halogens is 1. The predicted octanol–water partition coefficient (Wildman–Crippen LogP) is 1.99. The topological polar surface area (TPSA) is 58.2 Å². The van der Waals surface area contributed by atoms with Crippen LogP contribution in [0.2, 0.25) is 4.34 Å². The molecule has 0 amide bonds. The highest BCUT2D eigenvalue weighted by molar-refractivity contribution is 7.90. The second kappa shape index (κ2) is 6.15. The molecule has 0 aliphatic rings. The Kier molecular flexibility index (Phi) is 5.40. The molecule has 0 fully saturated rings. The summed E-state index contributed by atoms with van der Waals surface area (Å²) < 4.78 is 27.2. The van der Waals surface area contributed by atoms with E-state index in [0.717, 1.165) is 4.88 Å². The third-order valence-electron chi connectivity index (χ3n) is 2.38. The summed E-state index contributed by atoms with van der Waals surface area (Å²) in [6, 6.07) is 3.35. The summed E-state index contributed by atoms with van der Waals surface area (Å²) in [6.45, 7) is 3.91. The minimum absolute atomic E-state index is 0.253. The fourth-order valence-electron chi connectivity index (χ4n) is 1.38. The summed E-state index contributed by atoms with van der Waals surface area (Å²) >= 11 is 7.20. The standard InChI is InChI=1S/C10H17ClN2O2S2/c1-7(6-12-3)17(14,15)13-8(2)9-4-5-10(11)16-9/h4-5,7-8,12-13H,6H2,1-3H3. The highest BCUT2D eigenvalue weighted by Crippen LogP contribution is 2.27. The molecule has 7 heteroatoms. The quantitative estimate of drug-likeness (QED) is 0.844. The first-order chi connectivity index (χ1) is 7.86. The van der Waals surface area contributed by atoms with Gasteiger partial charge in [-0.2, -0.15) is 0 Å². The second-order valence-electron chi connectivity index (χ2n) is 3.89. The van der Waals surface area contributed by atoms with E-state index in [9.17, 15) is 8.42 Å². The van der Waals surface area contributed by atoms with Crippen molar-refractivity contribution in [3.05, 3.63) is 21.3 Å². The highest BCUT2D eigenvalue weighted by atomic mass is 35.5.